The van der Waals surface area contributed by atoms with Crippen LogP contribution in [0.5, 0.6) is 0 Å². The third-order valence-electron chi connectivity index (χ3n) is 2.61. The molecule has 0 aliphatic rings. The highest BCUT2D eigenvalue weighted by atomic mass is 35.5. The molecule has 0 fully saturated rings. The van der Waals surface area contributed by atoms with Gasteiger partial charge in [0.05, 0.1) is 15.7 Å². The molecule has 0 atom stereocenters. The Hall–Kier alpha value is -1.56. The zero-order valence-corrected chi connectivity index (χ0v) is 13.3. The summed E-state index contributed by atoms with van der Waals surface area (Å²) in [5.41, 5.74) is 1.12. The number of carbonyl (C=O) groups is 2. The van der Waals surface area contributed by atoms with Gasteiger partial charge < -0.3 is 10.1 Å². The van der Waals surface area contributed by atoms with Gasteiger partial charge in [-0.25, -0.2) is 4.79 Å². The van der Waals surface area contributed by atoms with Gasteiger partial charge in [0.25, 0.3) is 5.91 Å². The molecule has 0 saturated carbocycles. The molecule has 0 bridgehead atoms. The molecule has 110 valence electrons. The Labute approximate surface area is 135 Å². The minimum Gasteiger partial charge on any atom is -0.451 e. The van der Waals surface area contributed by atoms with Crippen molar-refractivity contribution in [3.05, 3.63) is 50.1 Å². The lowest BCUT2D eigenvalue weighted by Crippen LogP contribution is -2.21. The number of hydrogen-bond donors (Lipinski definition) is 1. The summed E-state index contributed by atoms with van der Waals surface area (Å²) < 4.78 is 4.95. The number of hydrogen-bond acceptors (Lipinski definition) is 4. The maximum absolute atomic E-state index is 11.8. The normalized spacial score (nSPS) is 10.2. The van der Waals surface area contributed by atoms with E-state index in [4.69, 9.17) is 27.9 Å². The smallest absolute Gasteiger partial charge is 0.349 e. The Kier molecular flexibility index (Phi) is 5.22. The van der Waals surface area contributed by atoms with Crippen LogP contribution in [0.2, 0.25) is 10.0 Å². The molecule has 1 N–H and O–H groups in total. The third kappa shape index (κ3) is 3.97. The minimum atomic E-state index is -0.525. The number of rotatable bonds is 4. The van der Waals surface area contributed by atoms with Crippen LogP contribution in [0.4, 0.5) is 5.69 Å². The quantitative estimate of drug-likeness (QED) is 0.848. The molecule has 7 heteroatoms. The molecule has 1 heterocycles. The molecule has 21 heavy (non-hydrogen) atoms. The second-order valence-corrected chi connectivity index (χ2v) is 5.88. The van der Waals surface area contributed by atoms with Crippen LogP contribution < -0.4 is 5.32 Å². The van der Waals surface area contributed by atoms with Gasteiger partial charge in [-0.15, -0.1) is 11.3 Å². The van der Waals surface area contributed by atoms with E-state index in [0.717, 1.165) is 5.56 Å². The summed E-state index contributed by atoms with van der Waals surface area (Å²) in [6, 6.07) is 6.68. The first kappa shape index (κ1) is 15.8. The second-order valence-electron chi connectivity index (χ2n) is 4.15. The summed E-state index contributed by atoms with van der Waals surface area (Å²) in [7, 11) is 0. The summed E-state index contributed by atoms with van der Waals surface area (Å²) in [5, 5.41) is 4.94. The van der Waals surface area contributed by atoms with Crippen molar-refractivity contribution in [2.75, 3.05) is 11.9 Å². The standard InChI is InChI=1S/C14H11Cl2NO3S/c1-8-5-6-21-13(8)14(19)20-7-11(18)17-12-9(15)3-2-4-10(12)16/h2-6H,7H2,1H3,(H,17,18). The van der Waals surface area contributed by atoms with Crippen LogP contribution in [-0.4, -0.2) is 18.5 Å². The summed E-state index contributed by atoms with van der Waals surface area (Å²) >= 11 is 13.1. The average molecular weight is 344 g/mol. The maximum Gasteiger partial charge on any atom is 0.349 e. The second kappa shape index (κ2) is 6.93. The van der Waals surface area contributed by atoms with Gasteiger partial charge in [-0.1, -0.05) is 29.3 Å². The van der Waals surface area contributed by atoms with Crippen molar-refractivity contribution in [3.63, 3.8) is 0 Å². The molecule has 0 saturated heterocycles. The lowest BCUT2D eigenvalue weighted by molar-refractivity contribution is -0.119. The number of thiophene rings is 1. The number of ether oxygens (including phenoxy) is 1. The number of carbonyl (C=O) groups excluding carboxylic acids is 2. The molecule has 2 rings (SSSR count). The maximum atomic E-state index is 11.8. The van der Waals surface area contributed by atoms with Gasteiger partial charge in [0.1, 0.15) is 4.88 Å². The Bertz CT molecular complexity index is 664. The highest BCUT2D eigenvalue weighted by molar-refractivity contribution is 7.12. The van der Waals surface area contributed by atoms with Gasteiger partial charge in [-0.05, 0) is 36.1 Å². The summed E-state index contributed by atoms with van der Waals surface area (Å²) in [6.07, 6.45) is 0. The van der Waals surface area contributed by atoms with Crippen LogP contribution in [0.15, 0.2) is 29.6 Å². The number of aryl methyl sites for hydroxylation is 1. The van der Waals surface area contributed by atoms with Crippen molar-refractivity contribution in [1.82, 2.24) is 0 Å². The van der Waals surface area contributed by atoms with E-state index in [1.807, 2.05) is 6.07 Å². The van der Waals surface area contributed by atoms with E-state index < -0.39 is 18.5 Å². The lowest BCUT2D eigenvalue weighted by atomic mass is 10.3. The van der Waals surface area contributed by atoms with Crippen LogP contribution in [-0.2, 0) is 9.53 Å². The van der Waals surface area contributed by atoms with Gasteiger partial charge in [-0.3, -0.25) is 4.79 Å². The Morgan fingerprint density at radius 3 is 2.48 bits per heavy atom. The van der Waals surface area contributed by atoms with Crippen molar-refractivity contribution in [2.24, 2.45) is 0 Å². The third-order valence-corrected chi connectivity index (χ3v) is 4.24. The summed E-state index contributed by atoms with van der Waals surface area (Å²) in [5.74, 6) is -1.03. The zero-order chi connectivity index (χ0) is 15.4. The SMILES string of the molecule is Cc1ccsc1C(=O)OCC(=O)Nc1c(Cl)cccc1Cl. The number of esters is 1. The monoisotopic (exact) mass is 343 g/mol. The fourth-order valence-corrected chi connectivity index (χ4v) is 2.88. The number of halogens is 2. The van der Waals surface area contributed by atoms with Crippen molar-refractivity contribution in [1.29, 1.82) is 0 Å². The zero-order valence-electron chi connectivity index (χ0n) is 11.0. The number of anilines is 1. The molecule has 4 nitrogen and oxygen atoms in total. The van der Waals surface area contributed by atoms with E-state index >= 15 is 0 Å². The topological polar surface area (TPSA) is 55.4 Å². The van der Waals surface area contributed by atoms with Crippen LogP contribution in [0.1, 0.15) is 15.2 Å². The molecule has 0 spiro atoms. The largest absolute Gasteiger partial charge is 0.451 e. The van der Waals surface area contributed by atoms with E-state index in [9.17, 15) is 9.59 Å². The van der Waals surface area contributed by atoms with Crippen LogP contribution in [0, 0.1) is 6.92 Å². The first-order valence-electron chi connectivity index (χ1n) is 5.94. The predicted octanol–water partition coefficient (Wildman–Crippen LogP) is 4.16. The first-order valence-corrected chi connectivity index (χ1v) is 7.57. The molecular weight excluding hydrogens is 333 g/mol. The van der Waals surface area contributed by atoms with Crippen molar-refractivity contribution >= 4 is 52.1 Å². The average Bonchev–Trinajstić information content (AvgIpc) is 2.87. The van der Waals surface area contributed by atoms with Gasteiger partial charge in [0.15, 0.2) is 6.61 Å². The predicted molar refractivity (Wildman–Crippen MR) is 84.4 cm³/mol. The molecule has 0 aliphatic heterocycles. The number of para-hydroxylation sites is 1. The molecule has 0 radical (unpaired) electrons. The van der Waals surface area contributed by atoms with Gasteiger partial charge in [0.2, 0.25) is 0 Å². The van der Waals surface area contributed by atoms with Gasteiger partial charge in [0, 0.05) is 0 Å². The minimum absolute atomic E-state index is 0.300. The van der Waals surface area contributed by atoms with E-state index in [1.165, 1.54) is 11.3 Å². The van der Waals surface area contributed by atoms with Crippen LogP contribution in [0.25, 0.3) is 0 Å². The molecule has 0 unspecified atom stereocenters. The summed E-state index contributed by atoms with van der Waals surface area (Å²) in [4.78, 5) is 24.0. The van der Waals surface area contributed by atoms with Crippen molar-refractivity contribution < 1.29 is 14.3 Å². The van der Waals surface area contributed by atoms with E-state index in [2.05, 4.69) is 5.32 Å². The molecule has 1 amide bonds. The highest BCUT2D eigenvalue weighted by Gasteiger charge is 2.15. The number of benzene rings is 1. The van der Waals surface area contributed by atoms with Gasteiger partial charge >= 0.3 is 5.97 Å². The molecule has 2 aromatic rings. The fraction of sp³-hybridized carbons (Fsp3) is 0.143. The van der Waals surface area contributed by atoms with E-state index in [1.54, 1.807) is 30.5 Å². The number of nitrogens with one attached hydrogen (secondary N) is 1. The van der Waals surface area contributed by atoms with Crippen LogP contribution in [0.3, 0.4) is 0 Å². The first-order chi connectivity index (χ1) is 9.99. The molecule has 1 aromatic heterocycles. The molecular formula is C14H11Cl2NO3S. The summed E-state index contributed by atoms with van der Waals surface area (Å²) in [6.45, 7) is 1.40. The van der Waals surface area contributed by atoms with E-state index in [-0.39, 0.29) is 0 Å². The number of amides is 1. The Balaban J connectivity index is 1.94. The van der Waals surface area contributed by atoms with Crippen molar-refractivity contribution in [3.8, 4) is 0 Å². The highest BCUT2D eigenvalue weighted by Crippen LogP contribution is 2.29. The molecule has 1 aromatic carbocycles. The van der Waals surface area contributed by atoms with Crippen molar-refractivity contribution in [2.45, 2.75) is 6.92 Å². The Morgan fingerprint density at radius 2 is 1.90 bits per heavy atom. The van der Waals surface area contributed by atoms with Gasteiger partial charge in [-0.2, -0.15) is 0 Å². The van der Waals surface area contributed by atoms with Crippen LogP contribution >= 0.6 is 34.5 Å². The molecule has 0 aliphatic carbocycles. The lowest BCUT2D eigenvalue weighted by Gasteiger charge is -2.09. The van der Waals surface area contributed by atoms with E-state index in [0.29, 0.717) is 20.6 Å². The fourth-order valence-electron chi connectivity index (χ4n) is 1.57. The Morgan fingerprint density at radius 1 is 1.24 bits per heavy atom.